The maximum Gasteiger partial charge on any atom is 0.282 e. The molecule has 16 radical (unpaired) electrons. The van der Waals surface area contributed by atoms with Crippen LogP contribution in [-0.2, 0) is 0 Å². The molecule has 0 rings (SSSR count). The van der Waals surface area contributed by atoms with Gasteiger partial charge in [-0.3, -0.25) is 0 Å². The zero-order valence-corrected chi connectivity index (χ0v) is 14.8. The Labute approximate surface area is 101 Å². The van der Waals surface area contributed by atoms with Crippen LogP contribution in [0.4, 0.5) is 0 Å². The molecular weight excluding hydrogens is 275 g/mol. The van der Waals surface area contributed by atoms with Crippen LogP contribution in [0.5, 0.6) is 0 Å². The molecule has 0 bridgehead atoms. The van der Waals surface area contributed by atoms with Crippen molar-refractivity contribution in [3.8, 4) is 0 Å². The van der Waals surface area contributed by atoms with Crippen LogP contribution in [0.15, 0.2) is 0 Å². The first-order chi connectivity index (χ1) is 6.08. The average molecular weight is 284 g/mol. The van der Waals surface area contributed by atoms with Crippen LogP contribution in [0.1, 0.15) is 0 Å². The van der Waals surface area contributed by atoms with E-state index in [1.54, 1.807) is 0 Å². The highest BCUT2D eigenvalue weighted by molar-refractivity contribution is 6.82. The lowest BCUT2D eigenvalue weighted by atomic mass is 11.9. The van der Waals surface area contributed by atoms with Gasteiger partial charge in [0, 0.05) is 0 Å². The predicted molar refractivity (Wildman–Crippen MR) is 63.4 cm³/mol. The van der Waals surface area contributed by atoms with Crippen LogP contribution in [0.2, 0.25) is 19.6 Å². The minimum absolute atomic E-state index is 0.759. The fraction of sp³-hybridized carbons (Fsp3) is 1.00. The van der Waals surface area contributed by atoms with Gasteiger partial charge in [0.1, 0.15) is 60.3 Å². The van der Waals surface area contributed by atoms with Gasteiger partial charge in [0.15, 0.2) is 0 Å². The molecule has 3 nitrogen and oxygen atoms in total. The predicted octanol–water partition coefficient (Wildman–Crippen LogP) is -1.87. The molecule has 0 unspecified atom stereocenters. The third-order valence-corrected chi connectivity index (χ3v) is 11.4. The summed E-state index contributed by atoms with van der Waals surface area (Å²) in [5.41, 5.74) is 0. The normalized spacial score (nSPS) is 12.5. The molecule has 0 atom stereocenters. The van der Waals surface area contributed by atoms with Crippen molar-refractivity contribution >= 4 is 69.5 Å². The summed E-state index contributed by atoms with van der Waals surface area (Å²) in [6.07, 6.45) is 0. The molecule has 0 aromatic heterocycles. The Bertz CT molecular complexity index is 112. The van der Waals surface area contributed by atoms with Crippen molar-refractivity contribution in [1.29, 1.82) is 0 Å². The van der Waals surface area contributed by atoms with Crippen molar-refractivity contribution in [2.45, 2.75) is 19.6 Å². The summed E-state index contributed by atoms with van der Waals surface area (Å²) in [6.45, 7) is 6.49. The summed E-state index contributed by atoms with van der Waals surface area (Å²) in [5.74, 6) is 0. The Morgan fingerprint density at radius 1 is 0.769 bits per heavy atom. The first kappa shape index (κ1) is 14.4. The Kier molecular flexibility index (Phi) is 8.48. The lowest BCUT2D eigenvalue weighted by Gasteiger charge is -2.37. The third-order valence-electron chi connectivity index (χ3n) is 1.27. The molecule has 0 spiro atoms. The molecule has 0 heterocycles. The van der Waals surface area contributed by atoms with Gasteiger partial charge in [-0.05, 0) is 0 Å². The molecule has 0 aliphatic rings. The largest absolute Gasteiger partial charge is 0.350 e. The summed E-state index contributed by atoms with van der Waals surface area (Å²) in [6, 6.07) is 0. The fourth-order valence-electron chi connectivity index (χ4n) is 0.600. The van der Waals surface area contributed by atoms with Gasteiger partial charge in [0.25, 0.3) is 9.28 Å². The highest BCUT2D eigenvalue weighted by Gasteiger charge is 2.25. The Balaban J connectivity index is 4.34. The molecule has 13 heavy (non-hydrogen) atoms. The van der Waals surface area contributed by atoms with Crippen LogP contribution in [0, 0.1) is 0 Å². The molecule has 64 valence electrons. The van der Waals surface area contributed by atoms with Crippen molar-refractivity contribution in [2.75, 3.05) is 0 Å². The molecular formula is C3H9N3Si7. The highest BCUT2D eigenvalue weighted by Crippen LogP contribution is 1.97. The van der Waals surface area contributed by atoms with E-state index < -0.39 is 9.28 Å². The van der Waals surface area contributed by atoms with Crippen LogP contribution >= 0.6 is 0 Å². The van der Waals surface area contributed by atoms with Crippen LogP contribution < -0.4 is 0 Å². The standard InChI is InChI=1S/C3H9N3Si7/c1-10-4(7)13(5(8)11-2)6(9)12-3/h1-3H3. The van der Waals surface area contributed by atoms with E-state index >= 15 is 0 Å². The van der Waals surface area contributed by atoms with E-state index in [2.05, 4.69) is 62.5 Å². The maximum atomic E-state index is 3.63. The lowest BCUT2D eigenvalue weighted by Crippen LogP contribution is -2.63. The van der Waals surface area contributed by atoms with Gasteiger partial charge in [0.05, 0.1) is 0 Å². The van der Waals surface area contributed by atoms with E-state index in [4.69, 9.17) is 0 Å². The van der Waals surface area contributed by atoms with Crippen molar-refractivity contribution in [1.82, 2.24) is 11.7 Å². The summed E-state index contributed by atoms with van der Waals surface area (Å²) < 4.78 is 6.62. The molecule has 0 aromatic rings. The lowest BCUT2D eigenvalue weighted by molar-refractivity contribution is 0.806. The van der Waals surface area contributed by atoms with Crippen molar-refractivity contribution < 1.29 is 0 Å². The minimum atomic E-state index is -0.853. The number of nitrogens with zero attached hydrogens (tertiary/aromatic N) is 3. The summed E-state index contributed by atoms with van der Waals surface area (Å²) in [7, 11) is 12.3. The first-order valence-corrected chi connectivity index (χ1v) is 10.5. The quantitative estimate of drug-likeness (QED) is 0.529. The van der Waals surface area contributed by atoms with Gasteiger partial charge >= 0.3 is 0 Å². The van der Waals surface area contributed by atoms with Gasteiger partial charge in [-0.25, -0.2) is 0 Å². The molecule has 0 N–H and O–H groups in total. The number of rotatable bonds is 6. The molecule has 0 saturated carbocycles. The second-order valence-corrected chi connectivity index (χ2v) is 12.0. The van der Waals surface area contributed by atoms with Crippen LogP contribution in [0.25, 0.3) is 0 Å². The summed E-state index contributed by atoms with van der Waals surface area (Å²) >= 11 is 0. The fourth-order valence-corrected chi connectivity index (χ4v) is 10.8. The van der Waals surface area contributed by atoms with Crippen molar-refractivity contribution in [2.24, 2.45) is 0 Å². The second kappa shape index (κ2) is 7.66. The molecule has 10 heteroatoms. The Morgan fingerprint density at radius 3 is 1.15 bits per heavy atom. The molecule has 0 amide bonds. The van der Waals surface area contributed by atoms with E-state index in [1.165, 1.54) is 0 Å². The Morgan fingerprint density at radius 2 is 1.00 bits per heavy atom. The van der Waals surface area contributed by atoms with E-state index in [9.17, 15) is 0 Å². The molecule has 0 aliphatic carbocycles. The highest BCUT2D eigenvalue weighted by atomic mass is 28.5. The van der Waals surface area contributed by atoms with Gasteiger partial charge in [-0.15, -0.1) is 0 Å². The maximum absolute atomic E-state index is 3.63. The first-order valence-electron chi connectivity index (χ1n) is 3.51. The average Bonchev–Trinajstić information content (AvgIpc) is 2.16. The van der Waals surface area contributed by atoms with Crippen LogP contribution in [-0.4, -0.2) is 81.2 Å². The molecule has 0 saturated heterocycles. The van der Waals surface area contributed by atoms with Crippen molar-refractivity contribution in [3.63, 3.8) is 0 Å². The van der Waals surface area contributed by atoms with Gasteiger partial charge in [0.2, 0.25) is 0 Å². The molecule has 0 aliphatic heterocycles. The molecule has 0 fully saturated rings. The van der Waals surface area contributed by atoms with Gasteiger partial charge in [-0.2, -0.15) is 0 Å². The van der Waals surface area contributed by atoms with Crippen LogP contribution in [0.3, 0.4) is 0 Å². The Hall–Kier alpha value is 1.40. The third kappa shape index (κ3) is 4.63. The summed E-state index contributed by atoms with van der Waals surface area (Å²) in [5, 5.41) is 0. The number of hydrogen-bond acceptors (Lipinski definition) is 3. The summed E-state index contributed by atoms with van der Waals surface area (Å²) in [4.78, 5) is 0. The van der Waals surface area contributed by atoms with E-state index in [-0.39, 0.29) is 0 Å². The van der Waals surface area contributed by atoms with E-state index in [1.807, 2.05) is 0 Å². The number of hydrogen-bond donors (Lipinski definition) is 0. The zero-order valence-electron chi connectivity index (χ0n) is 7.84. The molecule has 0 aromatic carbocycles. The smallest absolute Gasteiger partial charge is 0.282 e. The van der Waals surface area contributed by atoms with E-state index in [0.29, 0.717) is 0 Å². The van der Waals surface area contributed by atoms with Gasteiger partial charge in [-0.1, -0.05) is 19.6 Å². The zero-order chi connectivity index (χ0) is 10.4. The van der Waals surface area contributed by atoms with Gasteiger partial charge < -0.3 is 11.7 Å². The minimum Gasteiger partial charge on any atom is -0.350 e. The van der Waals surface area contributed by atoms with E-state index in [0.717, 1.165) is 29.0 Å². The second-order valence-electron chi connectivity index (χ2n) is 1.98. The topological polar surface area (TPSA) is 9.72 Å². The SMILES string of the molecule is C[Si]N([Si])[Si](N([Si])[Si]C)N([Si])[Si]C. The van der Waals surface area contributed by atoms with Crippen molar-refractivity contribution in [3.05, 3.63) is 0 Å². The monoisotopic (exact) mass is 283 g/mol.